The fourth-order valence-corrected chi connectivity index (χ4v) is 5.88. The number of aromatic nitrogens is 2. The largest absolute Gasteiger partial charge is 0.347 e. The molecule has 4 bridgehead atoms. The Morgan fingerprint density at radius 3 is 2.38 bits per heavy atom. The molecule has 0 spiro atoms. The van der Waals surface area contributed by atoms with Crippen LogP contribution >= 0.6 is 0 Å². The van der Waals surface area contributed by atoms with Gasteiger partial charge in [-0.3, -0.25) is 4.79 Å². The van der Waals surface area contributed by atoms with Crippen molar-refractivity contribution in [1.82, 2.24) is 15.1 Å². The normalized spacial score (nSPS) is 32.2. The molecule has 1 aromatic carbocycles. The van der Waals surface area contributed by atoms with Crippen molar-refractivity contribution in [3.8, 4) is 5.69 Å². The molecule has 0 aliphatic heterocycles. The van der Waals surface area contributed by atoms with Gasteiger partial charge >= 0.3 is 0 Å². The quantitative estimate of drug-likeness (QED) is 0.851. The second-order valence-electron chi connectivity index (χ2n) is 8.57. The minimum Gasteiger partial charge on any atom is -0.347 e. The van der Waals surface area contributed by atoms with E-state index in [1.165, 1.54) is 38.5 Å². The first-order chi connectivity index (χ1) is 12.7. The first kappa shape index (κ1) is 15.9. The first-order valence-corrected chi connectivity index (χ1v) is 9.78. The highest BCUT2D eigenvalue weighted by atomic mass is 16.1. The molecule has 0 unspecified atom stereocenters. The van der Waals surface area contributed by atoms with Crippen LogP contribution in [0.4, 0.5) is 0 Å². The fraction of sp³-hybridized carbons (Fsp3) is 0.455. The number of carbonyl (C=O) groups is 1. The Hall–Kier alpha value is -2.36. The number of rotatable bonds is 4. The van der Waals surface area contributed by atoms with Gasteiger partial charge in [-0.15, -0.1) is 0 Å². The predicted molar refractivity (Wildman–Crippen MR) is 102 cm³/mol. The summed E-state index contributed by atoms with van der Waals surface area (Å²) in [6.45, 7) is 0. The zero-order chi connectivity index (χ0) is 17.6. The number of hydrogen-bond donors (Lipinski definition) is 1. The Balaban J connectivity index is 1.25. The molecule has 6 rings (SSSR count). The van der Waals surface area contributed by atoms with Crippen LogP contribution in [0.25, 0.3) is 11.8 Å². The van der Waals surface area contributed by atoms with Crippen LogP contribution < -0.4 is 5.32 Å². The standard InChI is InChI=1S/C22H25N3O/c26-21(24-22-11-17-8-18(12-22)10-19(9-17)13-22)7-6-16-14-23-25(15-16)20-4-2-1-3-5-20/h1-7,14-15,17-19H,8-13H2,(H,24,26)/b7-6+. The van der Waals surface area contributed by atoms with Gasteiger partial charge in [0, 0.05) is 23.4 Å². The van der Waals surface area contributed by atoms with Crippen molar-refractivity contribution in [2.24, 2.45) is 17.8 Å². The maximum Gasteiger partial charge on any atom is 0.244 e. The zero-order valence-electron chi connectivity index (χ0n) is 15.0. The Labute approximate surface area is 154 Å². The lowest BCUT2D eigenvalue weighted by Crippen LogP contribution is -2.59. The van der Waals surface area contributed by atoms with Crippen LogP contribution in [-0.2, 0) is 4.79 Å². The molecular weight excluding hydrogens is 322 g/mol. The topological polar surface area (TPSA) is 46.9 Å². The van der Waals surface area contributed by atoms with Crippen LogP contribution in [0.5, 0.6) is 0 Å². The molecule has 1 N–H and O–H groups in total. The van der Waals surface area contributed by atoms with E-state index in [2.05, 4.69) is 10.4 Å². The Bertz CT molecular complexity index is 801. The number of para-hydroxylation sites is 1. The molecule has 4 fully saturated rings. The predicted octanol–water partition coefficient (Wildman–Crippen LogP) is 3.97. The van der Waals surface area contributed by atoms with Crippen LogP contribution in [0.2, 0.25) is 0 Å². The van der Waals surface area contributed by atoms with E-state index in [-0.39, 0.29) is 11.4 Å². The molecule has 0 saturated heterocycles. The average molecular weight is 347 g/mol. The first-order valence-electron chi connectivity index (χ1n) is 9.78. The second kappa shape index (κ2) is 6.11. The Kier molecular flexibility index (Phi) is 3.73. The maximum atomic E-state index is 12.6. The lowest BCUT2D eigenvalue weighted by molar-refractivity contribution is -0.122. The summed E-state index contributed by atoms with van der Waals surface area (Å²) < 4.78 is 1.83. The third-order valence-electron chi connectivity index (χ3n) is 6.48. The van der Waals surface area contributed by atoms with Crippen LogP contribution in [-0.4, -0.2) is 21.2 Å². The molecule has 0 atom stereocenters. The molecule has 134 valence electrons. The molecule has 2 aromatic rings. The highest BCUT2D eigenvalue weighted by molar-refractivity contribution is 5.92. The molecule has 4 aliphatic rings. The summed E-state index contributed by atoms with van der Waals surface area (Å²) in [5.74, 6) is 2.57. The Morgan fingerprint density at radius 2 is 1.73 bits per heavy atom. The molecule has 0 radical (unpaired) electrons. The van der Waals surface area contributed by atoms with Gasteiger partial charge in [-0.1, -0.05) is 18.2 Å². The SMILES string of the molecule is O=C(/C=C/c1cnn(-c2ccccc2)c1)NC12CC3CC(CC(C3)C1)C2. The highest BCUT2D eigenvalue weighted by Crippen LogP contribution is 2.55. The second-order valence-corrected chi connectivity index (χ2v) is 8.57. The van der Waals surface area contributed by atoms with Crippen molar-refractivity contribution in [3.63, 3.8) is 0 Å². The van der Waals surface area contributed by atoms with Crippen molar-refractivity contribution >= 4 is 12.0 Å². The van der Waals surface area contributed by atoms with Gasteiger partial charge in [0.05, 0.1) is 11.9 Å². The third-order valence-corrected chi connectivity index (χ3v) is 6.48. The summed E-state index contributed by atoms with van der Waals surface area (Å²) in [4.78, 5) is 12.6. The van der Waals surface area contributed by atoms with Crippen LogP contribution in [0, 0.1) is 17.8 Å². The van der Waals surface area contributed by atoms with Crippen LogP contribution in [0.3, 0.4) is 0 Å². The molecule has 1 heterocycles. The van der Waals surface area contributed by atoms with Crippen molar-refractivity contribution in [3.05, 3.63) is 54.4 Å². The Morgan fingerprint density at radius 1 is 1.08 bits per heavy atom. The third kappa shape index (κ3) is 2.98. The average Bonchev–Trinajstić information content (AvgIpc) is 3.08. The van der Waals surface area contributed by atoms with Gasteiger partial charge in [0.2, 0.25) is 5.91 Å². The summed E-state index contributed by atoms with van der Waals surface area (Å²) in [5.41, 5.74) is 2.03. The van der Waals surface area contributed by atoms with Gasteiger partial charge in [0.25, 0.3) is 0 Å². The molecule has 1 amide bonds. The number of amides is 1. The van der Waals surface area contributed by atoms with E-state index in [4.69, 9.17) is 0 Å². The molecule has 26 heavy (non-hydrogen) atoms. The lowest BCUT2D eigenvalue weighted by Gasteiger charge is -2.56. The molecule has 4 saturated carbocycles. The van der Waals surface area contributed by atoms with E-state index in [0.29, 0.717) is 0 Å². The van der Waals surface area contributed by atoms with Gasteiger partial charge in [0.1, 0.15) is 0 Å². The summed E-state index contributed by atoms with van der Waals surface area (Å²) in [7, 11) is 0. The smallest absolute Gasteiger partial charge is 0.244 e. The van der Waals surface area contributed by atoms with E-state index in [1.807, 2.05) is 47.3 Å². The van der Waals surface area contributed by atoms with Gasteiger partial charge in [-0.05, 0) is 74.5 Å². The summed E-state index contributed by atoms with van der Waals surface area (Å²) in [5, 5.41) is 7.76. The van der Waals surface area contributed by atoms with Gasteiger partial charge in [-0.2, -0.15) is 5.10 Å². The molecular formula is C22H25N3O. The molecule has 1 aromatic heterocycles. The van der Waals surface area contributed by atoms with E-state index in [9.17, 15) is 4.79 Å². The van der Waals surface area contributed by atoms with Crippen LogP contribution in [0.1, 0.15) is 44.1 Å². The zero-order valence-corrected chi connectivity index (χ0v) is 15.0. The minimum absolute atomic E-state index is 0.0411. The van der Waals surface area contributed by atoms with Gasteiger partial charge in [-0.25, -0.2) is 4.68 Å². The summed E-state index contributed by atoms with van der Waals surface area (Å²) >= 11 is 0. The van der Waals surface area contributed by atoms with Crippen molar-refractivity contribution < 1.29 is 4.79 Å². The minimum atomic E-state index is 0.0411. The van der Waals surface area contributed by atoms with Crippen LogP contribution in [0.15, 0.2) is 48.8 Å². The number of hydrogen-bond acceptors (Lipinski definition) is 2. The number of benzene rings is 1. The summed E-state index contributed by atoms with van der Waals surface area (Å²) in [6.07, 6.45) is 15.0. The number of carbonyl (C=O) groups excluding carboxylic acids is 1. The fourth-order valence-electron chi connectivity index (χ4n) is 5.88. The number of nitrogens with zero attached hydrogens (tertiary/aromatic N) is 2. The monoisotopic (exact) mass is 347 g/mol. The van der Waals surface area contributed by atoms with E-state index < -0.39 is 0 Å². The van der Waals surface area contributed by atoms with Crippen molar-refractivity contribution in [2.75, 3.05) is 0 Å². The maximum absolute atomic E-state index is 12.6. The summed E-state index contributed by atoms with van der Waals surface area (Å²) in [6, 6.07) is 10.00. The molecule has 4 heteroatoms. The van der Waals surface area contributed by atoms with Crippen molar-refractivity contribution in [1.29, 1.82) is 0 Å². The number of nitrogens with one attached hydrogen (secondary N) is 1. The van der Waals surface area contributed by atoms with E-state index in [0.717, 1.165) is 29.0 Å². The van der Waals surface area contributed by atoms with Crippen molar-refractivity contribution in [2.45, 2.75) is 44.1 Å². The molecule has 4 nitrogen and oxygen atoms in total. The van der Waals surface area contributed by atoms with Gasteiger partial charge < -0.3 is 5.32 Å². The van der Waals surface area contributed by atoms with E-state index in [1.54, 1.807) is 12.3 Å². The molecule has 4 aliphatic carbocycles. The van der Waals surface area contributed by atoms with E-state index >= 15 is 0 Å². The van der Waals surface area contributed by atoms with Gasteiger partial charge in [0.15, 0.2) is 0 Å². The lowest BCUT2D eigenvalue weighted by atomic mass is 9.53. The highest BCUT2D eigenvalue weighted by Gasteiger charge is 2.51.